The van der Waals surface area contributed by atoms with Gasteiger partial charge in [-0.15, -0.1) is 6.42 Å². The fourth-order valence-corrected chi connectivity index (χ4v) is 1.03. The molecule has 1 aliphatic rings. The normalized spacial score (nSPS) is 32.9. The summed E-state index contributed by atoms with van der Waals surface area (Å²) in [5, 5.41) is 3.18. The maximum atomic E-state index is 5.55. The summed E-state index contributed by atoms with van der Waals surface area (Å²) in [5.74, 6) is 2.53. The van der Waals surface area contributed by atoms with Gasteiger partial charge in [0.1, 0.15) is 0 Å². The second-order valence-corrected chi connectivity index (χ2v) is 2.51. The highest BCUT2D eigenvalue weighted by Gasteiger charge is 2.24. The molecule has 0 amide bonds. The minimum absolute atomic E-state index is 0.417. The number of rotatable bonds is 2. The summed E-state index contributed by atoms with van der Waals surface area (Å²) in [4.78, 5) is 0. The quantitative estimate of drug-likeness (QED) is 0.496. The zero-order valence-electron chi connectivity index (χ0n) is 5.43. The maximum absolute atomic E-state index is 5.55. The molecule has 0 saturated heterocycles. The van der Waals surface area contributed by atoms with E-state index in [1.54, 1.807) is 0 Å². The van der Waals surface area contributed by atoms with Crippen molar-refractivity contribution < 1.29 is 0 Å². The summed E-state index contributed by atoms with van der Waals surface area (Å²) in [7, 11) is 0. The van der Waals surface area contributed by atoms with Crippen LogP contribution in [0.2, 0.25) is 0 Å². The Bertz CT molecular complexity index is 119. The van der Waals surface area contributed by atoms with Gasteiger partial charge < -0.3 is 11.1 Å². The Morgan fingerprint density at radius 2 is 2.33 bits per heavy atom. The van der Waals surface area contributed by atoms with Gasteiger partial charge >= 0.3 is 0 Å². The molecule has 0 atom stereocenters. The first-order valence-electron chi connectivity index (χ1n) is 3.25. The summed E-state index contributed by atoms with van der Waals surface area (Å²) in [6.07, 6.45) is 7.22. The lowest BCUT2D eigenvalue weighted by atomic mass is 9.88. The third-order valence-corrected chi connectivity index (χ3v) is 1.67. The molecular weight excluding hydrogens is 112 g/mol. The molecule has 0 aliphatic heterocycles. The van der Waals surface area contributed by atoms with Crippen molar-refractivity contribution in [1.82, 2.24) is 5.32 Å². The third kappa shape index (κ3) is 1.70. The molecule has 0 unspecified atom stereocenters. The SMILES string of the molecule is C#CCNC1CC(N)C1. The highest BCUT2D eigenvalue weighted by Crippen LogP contribution is 2.16. The minimum atomic E-state index is 0.417. The first-order chi connectivity index (χ1) is 4.33. The molecular formula is C7H12N2. The fourth-order valence-electron chi connectivity index (χ4n) is 1.03. The number of hydrogen-bond acceptors (Lipinski definition) is 2. The summed E-state index contributed by atoms with van der Waals surface area (Å²) < 4.78 is 0. The van der Waals surface area contributed by atoms with Crippen molar-refractivity contribution in [3.8, 4) is 12.3 Å². The van der Waals surface area contributed by atoms with E-state index in [9.17, 15) is 0 Å². The van der Waals surface area contributed by atoms with Crippen LogP contribution in [0.1, 0.15) is 12.8 Å². The molecule has 1 saturated carbocycles. The molecule has 0 aromatic heterocycles. The molecule has 0 spiro atoms. The Morgan fingerprint density at radius 1 is 1.67 bits per heavy atom. The Hall–Kier alpha value is -0.520. The maximum Gasteiger partial charge on any atom is 0.0575 e. The molecule has 9 heavy (non-hydrogen) atoms. The Morgan fingerprint density at radius 3 is 2.78 bits per heavy atom. The largest absolute Gasteiger partial charge is 0.328 e. The van der Waals surface area contributed by atoms with E-state index in [1.807, 2.05) is 0 Å². The smallest absolute Gasteiger partial charge is 0.0575 e. The van der Waals surface area contributed by atoms with Gasteiger partial charge in [0.2, 0.25) is 0 Å². The molecule has 0 radical (unpaired) electrons. The van der Waals surface area contributed by atoms with Gasteiger partial charge in [-0.25, -0.2) is 0 Å². The standard InChI is InChI=1S/C7H12N2/c1-2-3-9-7-4-6(8)5-7/h1,6-7,9H,3-5,8H2. The fraction of sp³-hybridized carbons (Fsp3) is 0.714. The van der Waals surface area contributed by atoms with E-state index in [0.29, 0.717) is 18.6 Å². The average Bonchev–Trinajstić information content (AvgIpc) is 1.78. The van der Waals surface area contributed by atoms with Gasteiger partial charge in [0.05, 0.1) is 6.54 Å². The first-order valence-corrected chi connectivity index (χ1v) is 3.25. The number of terminal acetylenes is 1. The molecule has 2 heteroatoms. The van der Waals surface area contributed by atoms with Crippen molar-refractivity contribution in [2.45, 2.75) is 24.9 Å². The van der Waals surface area contributed by atoms with Crippen LogP contribution >= 0.6 is 0 Å². The predicted octanol–water partition coefficient (Wildman–Crippen LogP) is -0.301. The number of nitrogens with one attached hydrogen (secondary N) is 1. The third-order valence-electron chi connectivity index (χ3n) is 1.67. The second kappa shape index (κ2) is 2.86. The predicted molar refractivity (Wildman–Crippen MR) is 37.8 cm³/mol. The summed E-state index contributed by atoms with van der Waals surface area (Å²) in [6.45, 7) is 0.678. The Kier molecular flexibility index (Phi) is 2.10. The topological polar surface area (TPSA) is 38.0 Å². The van der Waals surface area contributed by atoms with Crippen molar-refractivity contribution in [3.63, 3.8) is 0 Å². The van der Waals surface area contributed by atoms with E-state index >= 15 is 0 Å². The monoisotopic (exact) mass is 124 g/mol. The van der Waals surface area contributed by atoms with Gasteiger partial charge in [0, 0.05) is 12.1 Å². The van der Waals surface area contributed by atoms with Crippen molar-refractivity contribution >= 4 is 0 Å². The van der Waals surface area contributed by atoms with Gasteiger partial charge in [-0.05, 0) is 12.8 Å². The van der Waals surface area contributed by atoms with E-state index in [4.69, 9.17) is 12.2 Å². The van der Waals surface area contributed by atoms with Crippen LogP contribution < -0.4 is 11.1 Å². The Balaban J connectivity index is 1.99. The molecule has 1 rings (SSSR count). The van der Waals surface area contributed by atoms with Crippen molar-refractivity contribution in [1.29, 1.82) is 0 Å². The number of nitrogens with two attached hydrogens (primary N) is 1. The van der Waals surface area contributed by atoms with Crippen LogP contribution in [-0.4, -0.2) is 18.6 Å². The minimum Gasteiger partial charge on any atom is -0.328 e. The summed E-state index contributed by atoms with van der Waals surface area (Å²) in [5.41, 5.74) is 5.55. The highest BCUT2D eigenvalue weighted by molar-refractivity contribution is 4.93. The highest BCUT2D eigenvalue weighted by atomic mass is 14.9. The Labute approximate surface area is 55.8 Å². The summed E-state index contributed by atoms with van der Waals surface area (Å²) >= 11 is 0. The van der Waals surface area contributed by atoms with Crippen LogP contribution in [0, 0.1) is 12.3 Å². The van der Waals surface area contributed by atoms with E-state index in [2.05, 4.69) is 11.2 Å². The molecule has 2 nitrogen and oxygen atoms in total. The van der Waals surface area contributed by atoms with Crippen LogP contribution in [0.4, 0.5) is 0 Å². The van der Waals surface area contributed by atoms with Gasteiger partial charge in [-0.2, -0.15) is 0 Å². The lowest BCUT2D eigenvalue weighted by Crippen LogP contribution is -2.48. The molecule has 0 bridgehead atoms. The molecule has 1 fully saturated rings. The van der Waals surface area contributed by atoms with Crippen LogP contribution in [0.25, 0.3) is 0 Å². The van der Waals surface area contributed by atoms with Crippen molar-refractivity contribution in [2.75, 3.05) is 6.54 Å². The van der Waals surface area contributed by atoms with Crippen molar-refractivity contribution in [2.24, 2.45) is 5.73 Å². The van der Waals surface area contributed by atoms with Gasteiger partial charge in [0.25, 0.3) is 0 Å². The molecule has 50 valence electrons. The zero-order chi connectivity index (χ0) is 6.69. The van der Waals surface area contributed by atoms with Crippen LogP contribution in [0.5, 0.6) is 0 Å². The summed E-state index contributed by atoms with van der Waals surface area (Å²) in [6, 6.07) is 1.01. The van der Waals surface area contributed by atoms with E-state index in [1.165, 1.54) is 0 Å². The average molecular weight is 124 g/mol. The van der Waals surface area contributed by atoms with Gasteiger partial charge in [-0.1, -0.05) is 5.92 Å². The zero-order valence-corrected chi connectivity index (χ0v) is 5.43. The van der Waals surface area contributed by atoms with Crippen LogP contribution in [0.3, 0.4) is 0 Å². The molecule has 3 N–H and O–H groups in total. The van der Waals surface area contributed by atoms with Crippen LogP contribution in [-0.2, 0) is 0 Å². The van der Waals surface area contributed by atoms with Crippen LogP contribution in [0.15, 0.2) is 0 Å². The lowest BCUT2D eigenvalue weighted by Gasteiger charge is -2.32. The molecule has 0 aromatic rings. The van der Waals surface area contributed by atoms with Crippen molar-refractivity contribution in [3.05, 3.63) is 0 Å². The second-order valence-electron chi connectivity index (χ2n) is 2.51. The van der Waals surface area contributed by atoms with E-state index in [-0.39, 0.29) is 0 Å². The first kappa shape index (κ1) is 6.60. The van der Waals surface area contributed by atoms with Gasteiger partial charge in [-0.3, -0.25) is 0 Å². The van der Waals surface area contributed by atoms with Gasteiger partial charge in [0.15, 0.2) is 0 Å². The molecule has 0 aromatic carbocycles. The molecule has 1 aliphatic carbocycles. The van der Waals surface area contributed by atoms with E-state index < -0.39 is 0 Å². The number of hydrogen-bond donors (Lipinski definition) is 2. The molecule has 0 heterocycles. The van der Waals surface area contributed by atoms with E-state index in [0.717, 1.165) is 12.8 Å². The lowest BCUT2D eigenvalue weighted by molar-refractivity contribution is 0.302.